The van der Waals surface area contributed by atoms with E-state index in [4.69, 9.17) is 9.47 Å². The van der Waals surface area contributed by atoms with Gasteiger partial charge < -0.3 is 19.3 Å². The lowest BCUT2D eigenvalue weighted by atomic mass is 9.95. The molecule has 0 N–H and O–H groups in total. The van der Waals surface area contributed by atoms with Crippen LogP contribution < -0.4 is 9.47 Å². The van der Waals surface area contributed by atoms with Crippen molar-refractivity contribution >= 4 is 23.2 Å². The van der Waals surface area contributed by atoms with Crippen molar-refractivity contribution in [1.29, 1.82) is 0 Å². The van der Waals surface area contributed by atoms with Crippen LogP contribution >= 0.6 is 11.3 Å². The van der Waals surface area contributed by atoms with Gasteiger partial charge in [0.1, 0.15) is 18.1 Å². The van der Waals surface area contributed by atoms with Crippen LogP contribution in [-0.4, -0.2) is 62.0 Å². The van der Waals surface area contributed by atoms with Crippen LogP contribution in [0.1, 0.15) is 22.5 Å². The molecule has 0 bridgehead atoms. The van der Waals surface area contributed by atoms with Gasteiger partial charge in [0, 0.05) is 26.1 Å². The van der Waals surface area contributed by atoms with Gasteiger partial charge in [-0.25, -0.2) is 0 Å². The molecule has 2 aromatic rings. The fraction of sp³-hybridized carbons (Fsp3) is 0.429. The van der Waals surface area contributed by atoms with Gasteiger partial charge in [-0.3, -0.25) is 9.59 Å². The van der Waals surface area contributed by atoms with E-state index < -0.39 is 0 Å². The molecule has 6 nitrogen and oxygen atoms in total. The monoisotopic (exact) mass is 402 g/mol. The average Bonchev–Trinajstić information content (AvgIpc) is 3.28. The molecule has 28 heavy (non-hydrogen) atoms. The van der Waals surface area contributed by atoms with Crippen LogP contribution in [-0.2, 0) is 4.79 Å². The zero-order valence-electron chi connectivity index (χ0n) is 16.3. The Bertz CT molecular complexity index is 768. The smallest absolute Gasteiger partial charge is 0.263 e. The summed E-state index contributed by atoms with van der Waals surface area (Å²) < 4.78 is 10.8. The Kier molecular flexibility index (Phi) is 6.92. The van der Waals surface area contributed by atoms with E-state index in [1.807, 2.05) is 53.7 Å². The van der Waals surface area contributed by atoms with Crippen molar-refractivity contribution in [3.05, 3.63) is 46.7 Å². The zero-order valence-corrected chi connectivity index (χ0v) is 17.1. The van der Waals surface area contributed by atoms with Crippen LogP contribution in [0.25, 0.3) is 0 Å². The Labute approximate surface area is 169 Å². The molecule has 2 heterocycles. The van der Waals surface area contributed by atoms with E-state index in [9.17, 15) is 9.59 Å². The molecule has 1 aromatic heterocycles. The first-order valence-electron chi connectivity index (χ1n) is 9.43. The Morgan fingerprint density at radius 3 is 2.43 bits per heavy atom. The summed E-state index contributed by atoms with van der Waals surface area (Å²) in [6.45, 7) is 2.22. The average molecular weight is 403 g/mol. The standard InChI is InChI=1S/C21H26N2O4S/c1-22(13-14-27-18-7-5-17(26-2)6-8-18)20(24)16-9-11-23(12-10-16)21(25)19-4-3-15-28-19/h3-8,15-16H,9-14H2,1-2H3. The van der Waals surface area contributed by atoms with Gasteiger partial charge in [-0.15, -0.1) is 11.3 Å². The lowest BCUT2D eigenvalue weighted by Gasteiger charge is -2.33. The number of likely N-dealkylation sites (tertiary alicyclic amines) is 1. The second-order valence-corrected chi connectivity index (χ2v) is 7.78. The van der Waals surface area contributed by atoms with Crippen LogP contribution in [0.5, 0.6) is 11.5 Å². The first kappa shape index (κ1) is 20.2. The number of benzene rings is 1. The number of hydrogen-bond acceptors (Lipinski definition) is 5. The van der Waals surface area contributed by atoms with Gasteiger partial charge in [-0.1, -0.05) is 6.07 Å². The molecule has 0 radical (unpaired) electrons. The number of methoxy groups -OCH3 is 1. The van der Waals surface area contributed by atoms with Crippen LogP contribution in [0.2, 0.25) is 0 Å². The van der Waals surface area contributed by atoms with Gasteiger partial charge in [0.05, 0.1) is 18.5 Å². The van der Waals surface area contributed by atoms with Gasteiger partial charge in [-0.05, 0) is 48.6 Å². The SMILES string of the molecule is COc1ccc(OCCN(C)C(=O)C2CCN(C(=O)c3cccs3)CC2)cc1. The summed E-state index contributed by atoms with van der Waals surface area (Å²) in [5.74, 6) is 1.70. The predicted octanol–water partition coefficient (Wildman–Crippen LogP) is 3.15. The van der Waals surface area contributed by atoms with Crippen molar-refractivity contribution in [2.24, 2.45) is 5.92 Å². The summed E-state index contributed by atoms with van der Waals surface area (Å²) in [5, 5.41) is 1.91. The maximum Gasteiger partial charge on any atom is 0.263 e. The van der Waals surface area contributed by atoms with Crippen molar-refractivity contribution in [2.75, 3.05) is 40.4 Å². The topological polar surface area (TPSA) is 59.1 Å². The molecule has 1 fully saturated rings. The third-order valence-electron chi connectivity index (χ3n) is 4.99. The predicted molar refractivity (Wildman–Crippen MR) is 109 cm³/mol. The normalized spacial score (nSPS) is 14.6. The number of rotatable bonds is 7. The van der Waals surface area contributed by atoms with Crippen LogP contribution in [0, 0.1) is 5.92 Å². The fourth-order valence-electron chi connectivity index (χ4n) is 3.28. The molecular formula is C21H26N2O4S. The molecule has 1 aliphatic heterocycles. The summed E-state index contributed by atoms with van der Waals surface area (Å²) >= 11 is 1.46. The third-order valence-corrected chi connectivity index (χ3v) is 5.85. The number of carbonyl (C=O) groups excluding carboxylic acids is 2. The minimum absolute atomic E-state index is 0.0293. The highest BCUT2D eigenvalue weighted by Gasteiger charge is 2.29. The highest BCUT2D eigenvalue weighted by molar-refractivity contribution is 7.12. The molecule has 150 valence electrons. The molecule has 0 spiro atoms. The van der Waals surface area contributed by atoms with Crippen molar-refractivity contribution in [1.82, 2.24) is 9.80 Å². The van der Waals surface area contributed by atoms with Crippen molar-refractivity contribution in [2.45, 2.75) is 12.8 Å². The van der Waals surface area contributed by atoms with Gasteiger partial charge in [-0.2, -0.15) is 0 Å². The molecule has 0 unspecified atom stereocenters. The Morgan fingerprint density at radius 1 is 1.14 bits per heavy atom. The molecule has 2 amide bonds. The van der Waals surface area contributed by atoms with E-state index in [1.54, 1.807) is 12.0 Å². The van der Waals surface area contributed by atoms with Crippen molar-refractivity contribution in [3.63, 3.8) is 0 Å². The maximum atomic E-state index is 12.7. The number of thiophene rings is 1. The zero-order chi connectivity index (χ0) is 19.9. The van der Waals surface area contributed by atoms with Crippen molar-refractivity contribution < 1.29 is 19.1 Å². The number of piperidine rings is 1. The number of nitrogens with zero attached hydrogens (tertiary/aromatic N) is 2. The lowest BCUT2D eigenvalue weighted by molar-refractivity contribution is -0.135. The maximum absolute atomic E-state index is 12.7. The summed E-state index contributed by atoms with van der Waals surface area (Å²) in [4.78, 5) is 29.4. The number of likely N-dealkylation sites (N-methyl/N-ethyl adjacent to an activating group) is 1. The molecular weight excluding hydrogens is 376 g/mol. The number of hydrogen-bond donors (Lipinski definition) is 0. The Morgan fingerprint density at radius 2 is 1.82 bits per heavy atom. The second kappa shape index (κ2) is 9.59. The van der Waals surface area contributed by atoms with E-state index in [2.05, 4.69) is 0 Å². The second-order valence-electron chi connectivity index (χ2n) is 6.83. The van der Waals surface area contributed by atoms with Gasteiger partial charge in [0.15, 0.2) is 0 Å². The molecule has 0 saturated carbocycles. The van der Waals surface area contributed by atoms with Gasteiger partial charge in [0.2, 0.25) is 5.91 Å². The number of amides is 2. The van der Waals surface area contributed by atoms with E-state index in [0.717, 1.165) is 16.4 Å². The first-order valence-corrected chi connectivity index (χ1v) is 10.3. The Balaban J connectivity index is 1.40. The molecule has 0 atom stereocenters. The van der Waals surface area contributed by atoms with Crippen LogP contribution in [0.15, 0.2) is 41.8 Å². The van der Waals surface area contributed by atoms with Crippen molar-refractivity contribution in [3.8, 4) is 11.5 Å². The molecule has 0 aliphatic carbocycles. The molecule has 1 saturated heterocycles. The number of carbonyl (C=O) groups is 2. The fourth-order valence-corrected chi connectivity index (χ4v) is 3.97. The molecule has 1 aliphatic rings. The van der Waals surface area contributed by atoms with E-state index in [-0.39, 0.29) is 17.7 Å². The minimum atomic E-state index is -0.0293. The van der Waals surface area contributed by atoms with Gasteiger partial charge in [0.25, 0.3) is 5.91 Å². The first-order chi connectivity index (χ1) is 13.6. The summed E-state index contributed by atoms with van der Waals surface area (Å²) in [5.41, 5.74) is 0. The molecule has 3 rings (SSSR count). The minimum Gasteiger partial charge on any atom is -0.497 e. The lowest BCUT2D eigenvalue weighted by Crippen LogP contribution is -2.44. The highest BCUT2D eigenvalue weighted by Crippen LogP contribution is 2.22. The van der Waals surface area contributed by atoms with Crippen LogP contribution in [0.4, 0.5) is 0 Å². The Hall–Kier alpha value is -2.54. The largest absolute Gasteiger partial charge is 0.497 e. The van der Waals surface area contributed by atoms with E-state index in [0.29, 0.717) is 39.1 Å². The summed E-state index contributed by atoms with van der Waals surface area (Å²) in [6, 6.07) is 11.1. The highest BCUT2D eigenvalue weighted by atomic mass is 32.1. The number of ether oxygens (including phenoxy) is 2. The van der Waals surface area contributed by atoms with Crippen LogP contribution in [0.3, 0.4) is 0 Å². The molecule has 7 heteroatoms. The molecule has 1 aromatic carbocycles. The van der Waals surface area contributed by atoms with E-state index in [1.165, 1.54) is 11.3 Å². The van der Waals surface area contributed by atoms with Gasteiger partial charge >= 0.3 is 0 Å². The summed E-state index contributed by atoms with van der Waals surface area (Å²) in [7, 11) is 3.43. The quantitative estimate of drug-likeness (QED) is 0.714. The third kappa shape index (κ3) is 5.04. The van der Waals surface area contributed by atoms with E-state index >= 15 is 0 Å². The summed E-state index contributed by atoms with van der Waals surface area (Å²) in [6.07, 6.45) is 1.42.